The van der Waals surface area contributed by atoms with Crippen LogP contribution in [0.1, 0.15) is 60.8 Å². The molecule has 10 atom stereocenters. The zero-order valence-corrected chi connectivity index (χ0v) is 25.8. The van der Waals surface area contributed by atoms with Crippen LogP contribution < -0.4 is 0 Å². The van der Waals surface area contributed by atoms with Crippen LogP contribution in [0.4, 0.5) is 0 Å². The number of aliphatic hydroxyl groups excluding tert-OH is 8. The van der Waals surface area contributed by atoms with Gasteiger partial charge in [-0.2, -0.15) is 0 Å². The summed E-state index contributed by atoms with van der Waals surface area (Å²) in [5, 5.41) is 93.0. The first-order valence-corrected chi connectivity index (χ1v) is 16.2. The number of ether oxygens (including phenoxy) is 2. The van der Waals surface area contributed by atoms with Gasteiger partial charge in [0.05, 0.1) is 13.2 Å². The fraction of sp³-hybridized carbons (Fsp3) is 0.556. The third-order valence-corrected chi connectivity index (χ3v) is 10.0. The standard InChI is InChI=1S/C36H42O11/c37-17-28-32(41)34(43)30(39)26(46-28)12-8-19-6-10-22-23-11-7-20(9-13-27-31(40)35(44)33(42)29(18-38)47-27)15-25(23)36(45,24(22)14-19)16-21-4-2-1-3-5-21/h6-7,10-11,14-15,21,26-35,37-45H,1-5,16-18H2/t26?,27?,28?,29?,30?,31?,32-,33-,34?,35?,36?/m1/s1. The van der Waals surface area contributed by atoms with E-state index in [-0.39, 0.29) is 0 Å². The van der Waals surface area contributed by atoms with Gasteiger partial charge in [-0.15, -0.1) is 0 Å². The van der Waals surface area contributed by atoms with E-state index in [9.17, 15) is 46.0 Å². The van der Waals surface area contributed by atoms with Gasteiger partial charge in [0.2, 0.25) is 0 Å². The molecule has 3 fully saturated rings. The van der Waals surface area contributed by atoms with E-state index in [2.05, 4.69) is 23.7 Å². The average molecular weight is 651 g/mol. The van der Waals surface area contributed by atoms with E-state index in [0.717, 1.165) is 43.2 Å². The lowest BCUT2D eigenvalue weighted by molar-refractivity contribution is -0.214. The van der Waals surface area contributed by atoms with E-state index in [1.54, 1.807) is 12.1 Å². The molecule has 2 aromatic carbocycles. The van der Waals surface area contributed by atoms with E-state index in [1.165, 1.54) is 0 Å². The first-order valence-electron chi connectivity index (χ1n) is 16.2. The summed E-state index contributed by atoms with van der Waals surface area (Å²) in [6, 6.07) is 11.0. The van der Waals surface area contributed by atoms with Crippen LogP contribution in [0.15, 0.2) is 36.4 Å². The lowest BCUT2D eigenvalue weighted by Crippen LogP contribution is -2.58. The second-order valence-corrected chi connectivity index (χ2v) is 13.1. The molecule has 47 heavy (non-hydrogen) atoms. The molecule has 0 spiro atoms. The summed E-state index contributed by atoms with van der Waals surface area (Å²) in [6.07, 6.45) is -7.59. The minimum absolute atomic E-state index is 0.292. The number of aliphatic hydroxyl groups is 9. The summed E-state index contributed by atoms with van der Waals surface area (Å²) in [6.45, 7) is -1.10. The van der Waals surface area contributed by atoms with Gasteiger partial charge in [-0.1, -0.05) is 67.9 Å². The molecular weight excluding hydrogens is 608 g/mol. The van der Waals surface area contributed by atoms with Crippen molar-refractivity contribution in [1.82, 2.24) is 0 Å². The maximum absolute atomic E-state index is 12.6. The molecular formula is C36H42O11. The van der Waals surface area contributed by atoms with E-state index in [0.29, 0.717) is 34.6 Å². The van der Waals surface area contributed by atoms with Gasteiger partial charge >= 0.3 is 0 Å². The molecule has 2 aliphatic heterocycles. The van der Waals surface area contributed by atoms with Crippen molar-refractivity contribution in [2.45, 2.75) is 105 Å². The Morgan fingerprint density at radius 1 is 0.617 bits per heavy atom. The van der Waals surface area contributed by atoms with Gasteiger partial charge in [-0.3, -0.25) is 0 Å². The highest BCUT2D eigenvalue weighted by Crippen LogP contribution is 2.52. The quantitative estimate of drug-likeness (QED) is 0.189. The van der Waals surface area contributed by atoms with E-state index >= 15 is 0 Å². The molecule has 0 amide bonds. The van der Waals surface area contributed by atoms with Crippen molar-refractivity contribution in [1.29, 1.82) is 0 Å². The number of fused-ring (bicyclic) bond motifs is 3. The SMILES string of the molecule is OCC1OC(C#Cc2ccc3c(c2)C(O)(CC2CCCCC2)c2cc(C#CC4OC(CO)[C@@H](O)C(O)C4O)ccc2-3)C(O)C(O)[C@@H]1O. The largest absolute Gasteiger partial charge is 0.394 e. The van der Waals surface area contributed by atoms with Crippen LogP contribution in [0.25, 0.3) is 11.1 Å². The normalized spacial score (nSPS) is 36.8. The zero-order valence-electron chi connectivity index (χ0n) is 25.8. The Hall–Kier alpha value is -2.88. The fourth-order valence-corrected chi connectivity index (χ4v) is 7.32. The van der Waals surface area contributed by atoms with Gasteiger partial charge in [-0.05, 0) is 58.9 Å². The predicted octanol–water partition coefficient (Wildman–Crippen LogP) is -0.739. The number of hydrogen-bond donors (Lipinski definition) is 9. The van der Waals surface area contributed by atoms with Crippen molar-refractivity contribution in [3.05, 3.63) is 58.7 Å². The van der Waals surface area contributed by atoms with E-state index in [1.807, 2.05) is 24.3 Å². The summed E-state index contributed by atoms with van der Waals surface area (Å²) < 4.78 is 11.1. The van der Waals surface area contributed by atoms with Crippen molar-refractivity contribution in [3.8, 4) is 34.8 Å². The average Bonchev–Trinajstić information content (AvgIpc) is 3.32. The van der Waals surface area contributed by atoms with E-state index in [4.69, 9.17) is 9.47 Å². The Kier molecular flexibility index (Phi) is 10.1. The maximum Gasteiger partial charge on any atom is 0.147 e. The molecule has 9 N–H and O–H groups in total. The Morgan fingerprint density at radius 2 is 1.06 bits per heavy atom. The van der Waals surface area contributed by atoms with Crippen molar-refractivity contribution in [2.24, 2.45) is 5.92 Å². The number of benzene rings is 2. The molecule has 11 heteroatoms. The van der Waals surface area contributed by atoms with Crippen molar-refractivity contribution in [3.63, 3.8) is 0 Å². The van der Waals surface area contributed by atoms with Crippen LogP contribution in [0.5, 0.6) is 0 Å². The Labute approximate surface area is 273 Å². The molecule has 8 unspecified atom stereocenters. The summed E-state index contributed by atoms with van der Waals surface area (Å²) >= 11 is 0. The molecule has 2 aliphatic carbocycles. The minimum atomic E-state index is -1.53. The maximum atomic E-state index is 12.6. The van der Waals surface area contributed by atoms with Crippen LogP contribution in [-0.2, 0) is 15.1 Å². The topological polar surface area (TPSA) is 201 Å². The molecule has 11 nitrogen and oxygen atoms in total. The van der Waals surface area contributed by atoms with Crippen molar-refractivity contribution < 1.29 is 55.4 Å². The molecule has 6 rings (SSSR count). The summed E-state index contributed by atoms with van der Waals surface area (Å²) in [4.78, 5) is 0. The molecule has 252 valence electrons. The van der Waals surface area contributed by atoms with Crippen LogP contribution in [-0.4, -0.2) is 120 Å². The Morgan fingerprint density at radius 3 is 1.49 bits per heavy atom. The Balaban J connectivity index is 1.33. The van der Waals surface area contributed by atoms with Crippen LogP contribution in [0.2, 0.25) is 0 Å². The highest BCUT2D eigenvalue weighted by Gasteiger charge is 2.45. The highest BCUT2D eigenvalue weighted by molar-refractivity contribution is 5.81. The molecule has 2 heterocycles. The Bertz CT molecular complexity index is 1460. The second kappa shape index (κ2) is 13.9. The predicted molar refractivity (Wildman–Crippen MR) is 167 cm³/mol. The number of rotatable bonds is 4. The third kappa shape index (κ3) is 6.47. The van der Waals surface area contributed by atoms with E-state index < -0.39 is 79.9 Å². The molecule has 4 aliphatic rings. The van der Waals surface area contributed by atoms with Crippen LogP contribution in [0.3, 0.4) is 0 Å². The number of hydrogen-bond acceptors (Lipinski definition) is 11. The van der Waals surface area contributed by atoms with Crippen LogP contribution >= 0.6 is 0 Å². The van der Waals surface area contributed by atoms with Gasteiger partial charge in [-0.25, -0.2) is 0 Å². The molecule has 2 saturated heterocycles. The van der Waals surface area contributed by atoms with Gasteiger partial charge in [0, 0.05) is 11.1 Å². The van der Waals surface area contributed by atoms with Gasteiger partial charge in [0.1, 0.15) is 66.6 Å². The second-order valence-electron chi connectivity index (χ2n) is 13.1. The lowest BCUT2D eigenvalue weighted by Gasteiger charge is -2.37. The summed E-state index contributed by atoms with van der Waals surface area (Å²) in [5.41, 5.74) is 2.75. The van der Waals surface area contributed by atoms with Gasteiger partial charge in [0.25, 0.3) is 0 Å². The lowest BCUT2D eigenvalue weighted by atomic mass is 9.76. The van der Waals surface area contributed by atoms with Crippen LogP contribution in [0, 0.1) is 29.6 Å². The highest BCUT2D eigenvalue weighted by atomic mass is 16.5. The molecule has 0 radical (unpaired) electrons. The minimum Gasteiger partial charge on any atom is -0.394 e. The molecule has 0 aromatic heterocycles. The zero-order chi connectivity index (χ0) is 33.5. The fourth-order valence-electron chi connectivity index (χ4n) is 7.32. The van der Waals surface area contributed by atoms with Gasteiger partial charge < -0.3 is 55.4 Å². The smallest absolute Gasteiger partial charge is 0.147 e. The monoisotopic (exact) mass is 650 g/mol. The summed E-state index contributed by atoms with van der Waals surface area (Å²) in [5.74, 6) is 11.9. The van der Waals surface area contributed by atoms with Crippen molar-refractivity contribution in [2.75, 3.05) is 13.2 Å². The van der Waals surface area contributed by atoms with Gasteiger partial charge in [0.15, 0.2) is 0 Å². The first-order chi connectivity index (χ1) is 22.5. The first kappa shape index (κ1) is 34.0. The molecule has 1 saturated carbocycles. The third-order valence-electron chi connectivity index (χ3n) is 10.0. The summed E-state index contributed by atoms with van der Waals surface area (Å²) in [7, 11) is 0. The molecule has 0 bridgehead atoms. The van der Waals surface area contributed by atoms with Crippen molar-refractivity contribution >= 4 is 0 Å². The molecule has 2 aromatic rings.